The zero-order chi connectivity index (χ0) is 10.3. The molecule has 0 saturated heterocycles. The maximum atomic E-state index is 11.6. The first-order valence-electron chi connectivity index (χ1n) is 4.30. The Labute approximate surface area is 88.1 Å². The molecular formula is C9H10ClNO2S. The van der Waals surface area contributed by atoms with Gasteiger partial charge in [-0.3, -0.25) is 0 Å². The van der Waals surface area contributed by atoms with Crippen LogP contribution in [0.4, 0.5) is 0 Å². The highest BCUT2D eigenvalue weighted by Gasteiger charge is 2.27. The van der Waals surface area contributed by atoms with Crippen LogP contribution in [0.25, 0.3) is 0 Å². The summed E-state index contributed by atoms with van der Waals surface area (Å²) < 4.78 is 25.7. The fraction of sp³-hybridized carbons (Fsp3) is 0.333. The van der Waals surface area contributed by atoms with Crippen LogP contribution in [0.5, 0.6) is 0 Å². The Kier molecular flexibility index (Phi) is 2.29. The van der Waals surface area contributed by atoms with Gasteiger partial charge in [0.05, 0.1) is 4.90 Å². The van der Waals surface area contributed by atoms with Crippen molar-refractivity contribution < 1.29 is 8.42 Å². The van der Waals surface area contributed by atoms with E-state index in [2.05, 4.69) is 4.72 Å². The molecule has 0 radical (unpaired) electrons. The summed E-state index contributed by atoms with van der Waals surface area (Å²) in [6, 6.07) is 4.87. The van der Waals surface area contributed by atoms with Gasteiger partial charge in [0, 0.05) is 11.6 Å². The number of halogens is 1. The van der Waals surface area contributed by atoms with Crippen molar-refractivity contribution in [3.63, 3.8) is 0 Å². The molecular weight excluding hydrogens is 222 g/mol. The summed E-state index contributed by atoms with van der Waals surface area (Å²) in [7, 11) is -3.30. The van der Waals surface area contributed by atoms with Gasteiger partial charge in [0.15, 0.2) is 0 Å². The third-order valence-corrected chi connectivity index (χ3v) is 4.10. The van der Waals surface area contributed by atoms with Crippen molar-refractivity contribution in [1.82, 2.24) is 4.72 Å². The Morgan fingerprint density at radius 3 is 2.93 bits per heavy atom. The van der Waals surface area contributed by atoms with Crippen molar-refractivity contribution in [3.05, 3.63) is 28.8 Å². The van der Waals surface area contributed by atoms with Crippen LogP contribution >= 0.6 is 11.6 Å². The first-order chi connectivity index (χ1) is 6.50. The van der Waals surface area contributed by atoms with Crippen molar-refractivity contribution in [3.8, 4) is 0 Å². The lowest BCUT2D eigenvalue weighted by Gasteiger charge is -2.23. The summed E-state index contributed by atoms with van der Waals surface area (Å²) in [4.78, 5) is 0.348. The molecule has 0 fully saturated rings. The van der Waals surface area contributed by atoms with Crippen LogP contribution in [-0.2, 0) is 10.0 Å². The predicted molar refractivity (Wildman–Crippen MR) is 55.1 cm³/mol. The molecule has 1 unspecified atom stereocenters. The second kappa shape index (κ2) is 3.22. The summed E-state index contributed by atoms with van der Waals surface area (Å²) in [5, 5.41) is 0.577. The monoisotopic (exact) mass is 231 g/mol. The molecule has 1 aromatic carbocycles. The molecule has 0 saturated carbocycles. The standard InChI is InChI=1S/C9H10ClNO2S/c1-6-5-11-14(12,13)9-3-2-7(10)4-8(6)9/h2-4,6,11H,5H2,1H3. The zero-order valence-electron chi connectivity index (χ0n) is 7.62. The van der Waals surface area contributed by atoms with Crippen LogP contribution < -0.4 is 4.72 Å². The maximum absolute atomic E-state index is 11.6. The molecule has 0 amide bonds. The molecule has 0 aliphatic carbocycles. The van der Waals surface area contributed by atoms with Crippen molar-refractivity contribution in [2.75, 3.05) is 6.54 Å². The third kappa shape index (κ3) is 1.54. The Bertz CT molecular complexity index is 470. The number of hydrogen-bond acceptors (Lipinski definition) is 2. The van der Waals surface area contributed by atoms with Gasteiger partial charge in [0.2, 0.25) is 10.0 Å². The molecule has 0 spiro atoms. The van der Waals surface area contributed by atoms with Crippen LogP contribution in [0.15, 0.2) is 23.1 Å². The molecule has 1 heterocycles. The lowest BCUT2D eigenvalue weighted by molar-refractivity contribution is 0.559. The molecule has 0 aromatic heterocycles. The van der Waals surface area contributed by atoms with Crippen LogP contribution in [-0.4, -0.2) is 15.0 Å². The van der Waals surface area contributed by atoms with Crippen molar-refractivity contribution in [1.29, 1.82) is 0 Å². The van der Waals surface area contributed by atoms with Crippen molar-refractivity contribution >= 4 is 21.6 Å². The average molecular weight is 232 g/mol. The molecule has 0 bridgehead atoms. The second-order valence-electron chi connectivity index (χ2n) is 3.44. The molecule has 1 aliphatic heterocycles. The molecule has 14 heavy (non-hydrogen) atoms. The van der Waals surface area contributed by atoms with E-state index >= 15 is 0 Å². The summed E-state index contributed by atoms with van der Waals surface area (Å²) >= 11 is 5.82. The quantitative estimate of drug-likeness (QED) is 0.739. The predicted octanol–water partition coefficient (Wildman–Crippen LogP) is 1.74. The Balaban J connectivity index is 2.69. The van der Waals surface area contributed by atoms with E-state index in [0.717, 1.165) is 5.56 Å². The smallest absolute Gasteiger partial charge is 0.211 e. The highest BCUT2D eigenvalue weighted by Crippen LogP contribution is 2.30. The molecule has 1 aliphatic rings. The van der Waals surface area contributed by atoms with E-state index in [9.17, 15) is 8.42 Å². The second-order valence-corrected chi connectivity index (χ2v) is 5.61. The first kappa shape index (κ1) is 9.96. The first-order valence-corrected chi connectivity index (χ1v) is 6.16. The Morgan fingerprint density at radius 1 is 1.50 bits per heavy atom. The number of fused-ring (bicyclic) bond motifs is 1. The van der Waals surface area contributed by atoms with Gasteiger partial charge in [-0.05, 0) is 29.7 Å². The Hall–Kier alpha value is -0.580. The largest absolute Gasteiger partial charge is 0.240 e. The van der Waals surface area contributed by atoms with Crippen LogP contribution in [0.3, 0.4) is 0 Å². The molecule has 1 aromatic rings. The zero-order valence-corrected chi connectivity index (χ0v) is 9.19. The summed E-state index contributed by atoms with van der Waals surface area (Å²) in [6.07, 6.45) is 0. The SMILES string of the molecule is CC1CNS(=O)(=O)c2ccc(Cl)cc21. The van der Waals surface area contributed by atoms with E-state index < -0.39 is 10.0 Å². The van der Waals surface area contributed by atoms with Gasteiger partial charge >= 0.3 is 0 Å². The van der Waals surface area contributed by atoms with Gasteiger partial charge in [-0.15, -0.1) is 0 Å². The highest BCUT2D eigenvalue weighted by atomic mass is 35.5. The van der Waals surface area contributed by atoms with E-state index in [4.69, 9.17) is 11.6 Å². The Morgan fingerprint density at radius 2 is 2.21 bits per heavy atom. The number of rotatable bonds is 0. The van der Waals surface area contributed by atoms with Gasteiger partial charge in [0.1, 0.15) is 0 Å². The summed E-state index contributed by atoms with van der Waals surface area (Å²) in [6.45, 7) is 2.41. The number of nitrogens with one attached hydrogen (secondary N) is 1. The molecule has 5 heteroatoms. The van der Waals surface area contributed by atoms with Crippen molar-refractivity contribution in [2.24, 2.45) is 0 Å². The minimum atomic E-state index is -3.30. The number of sulfonamides is 1. The van der Waals surface area contributed by atoms with Gasteiger partial charge < -0.3 is 0 Å². The minimum absolute atomic E-state index is 0.173. The van der Waals surface area contributed by atoms with E-state index in [1.807, 2.05) is 6.92 Å². The van der Waals surface area contributed by atoms with Gasteiger partial charge in [0.25, 0.3) is 0 Å². The van der Waals surface area contributed by atoms with E-state index in [-0.39, 0.29) is 5.92 Å². The number of benzene rings is 1. The lowest BCUT2D eigenvalue weighted by atomic mass is 10.0. The fourth-order valence-electron chi connectivity index (χ4n) is 1.57. The molecule has 3 nitrogen and oxygen atoms in total. The van der Waals surface area contributed by atoms with Gasteiger partial charge in [-0.2, -0.15) is 0 Å². The third-order valence-electron chi connectivity index (χ3n) is 2.37. The highest BCUT2D eigenvalue weighted by molar-refractivity contribution is 7.89. The topological polar surface area (TPSA) is 46.2 Å². The van der Waals surface area contributed by atoms with Crippen LogP contribution in [0.2, 0.25) is 5.02 Å². The van der Waals surface area contributed by atoms with Crippen LogP contribution in [0, 0.1) is 0 Å². The minimum Gasteiger partial charge on any atom is -0.211 e. The van der Waals surface area contributed by atoms with Gasteiger partial charge in [-0.1, -0.05) is 18.5 Å². The molecule has 1 N–H and O–H groups in total. The van der Waals surface area contributed by atoms with E-state index in [0.29, 0.717) is 16.5 Å². The van der Waals surface area contributed by atoms with Gasteiger partial charge in [-0.25, -0.2) is 13.1 Å². The normalized spacial score (nSPS) is 24.3. The van der Waals surface area contributed by atoms with Crippen molar-refractivity contribution in [2.45, 2.75) is 17.7 Å². The molecule has 2 rings (SSSR count). The number of hydrogen-bond donors (Lipinski definition) is 1. The van der Waals surface area contributed by atoms with E-state index in [1.54, 1.807) is 18.2 Å². The van der Waals surface area contributed by atoms with E-state index in [1.165, 1.54) is 0 Å². The molecule has 76 valence electrons. The summed E-state index contributed by atoms with van der Waals surface area (Å²) in [5.41, 5.74) is 0.802. The lowest BCUT2D eigenvalue weighted by Crippen LogP contribution is -2.33. The average Bonchev–Trinajstić information content (AvgIpc) is 2.12. The molecule has 1 atom stereocenters. The fourth-order valence-corrected chi connectivity index (χ4v) is 3.19. The maximum Gasteiger partial charge on any atom is 0.240 e. The van der Waals surface area contributed by atoms with Crippen LogP contribution in [0.1, 0.15) is 18.4 Å². The summed E-state index contributed by atoms with van der Waals surface area (Å²) in [5.74, 6) is 0.173.